The number of rotatable bonds is 34. The van der Waals surface area contributed by atoms with Gasteiger partial charge in [0, 0.05) is 45.9 Å². The Morgan fingerprint density at radius 2 is 1.12 bits per heavy atom. The number of nitrogens with zero attached hydrogens (tertiary/aromatic N) is 4. The second-order valence-corrected chi connectivity index (χ2v) is 21.1. The zero-order chi connectivity index (χ0) is 62.8. The number of amides is 10. The van der Waals surface area contributed by atoms with E-state index < -0.39 is 114 Å². The lowest BCUT2D eigenvalue weighted by Crippen LogP contribution is -2.59. The fraction of sp³-hybridized carbons (Fsp3) is 0.474. The van der Waals surface area contributed by atoms with E-state index in [1.807, 2.05) is 13.8 Å². The number of likely N-dealkylation sites (tertiary alicyclic amines) is 1. The molecule has 85 heavy (non-hydrogen) atoms. The zero-order valence-electron chi connectivity index (χ0n) is 48.2. The molecule has 3 aromatic rings. The Morgan fingerprint density at radius 3 is 1.65 bits per heavy atom. The molecule has 0 spiro atoms. The molecule has 28 nitrogen and oxygen atoms in total. The number of carbonyl (C=O) groups excluding carboxylic acids is 10. The van der Waals surface area contributed by atoms with Gasteiger partial charge in [-0.05, 0) is 98.2 Å². The van der Waals surface area contributed by atoms with Gasteiger partial charge < -0.3 is 86.3 Å². The topological polar surface area (TPSA) is 471 Å². The van der Waals surface area contributed by atoms with Gasteiger partial charge in [-0.3, -0.25) is 57.9 Å². The van der Waals surface area contributed by atoms with Crippen LogP contribution in [0.1, 0.15) is 88.8 Å². The largest absolute Gasteiger partial charge is 0.508 e. The van der Waals surface area contributed by atoms with E-state index >= 15 is 4.79 Å². The van der Waals surface area contributed by atoms with E-state index in [9.17, 15) is 53.4 Å². The van der Waals surface area contributed by atoms with Crippen molar-refractivity contribution in [3.8, 4) is 11.5 Å². The summed E-state index contributed by atoms with van der Waals surface area (Å²) < 4.78 is 0. The normalized spacial score (nSPS) is 14.8. The Labute approximate surface area is 493 Å². The maximum Gasteiger partial charge on any atom is 0.245 e. The molecule has 0 unspecified atom stereocenters. The van der Waals surface area contributed by atoms with Crippen LogP contribution in [0.4, 0.5) is 0 Å². The van der Waals surface area contributed by atoms with E-state index in [0.717, 1.165) is 0 Å². The van der Waals surface area contributed by atoms with Crippen LogP contribution in [0, 0.1) is 5.92 Å². The molecule has 3 aromatic carbocycles. The Kier molecular flexibility index (Phi) is 27.4. The minimum atomic E-state index is -1.51. The summed E-state index contributed by atoms with van der Waals surface area (Å²) in [7, 11) is 0. The van der Waals surface area contributed by atoms with Crippen molar-refractivity contribution in [3.63, 3.8) is 0 Å². The second-order valence-electron chi connectivity index (χ2n) is 21.1. The molecule has 1 aliphatic rings. The van der Waals surface area contributed by atoms with Crippen LogP contribution in [-0.2, 0) is 67.2 Å². The van der Waals surface area contributed by atoms with Crippen LogP contribution in [0.15, 0.2) is 88.8 Å². The lowest BCUT2D eigenvalue weighted by molar-refractivity contribution is -0.143. The van der Waals surface area contributed by atoms with Crippen LogP contribution in [-0.4, -0.2) is 166 Å². The number of guanidine groups is 2. The van der Waals surface area contributed by atoms with Crippen LogP contribution < -0.4 is 66.3 Å². The molecule has 1 heterocycles. The van der Waals surface area contributed by atoms with E-state index in [-0.39, 0.29) is 113 Å². The number of nitrogens with one attached hydrogen (secondary N) is 6. The molecule has 7 atom stereocenters. The number of phenols is 2. The lowest BCUT2D eigenvalue weighted by atomic mass is 9.99. The highest BCUT2D eigenvalue weighted by Gasteiger charge is 2.40. The summed E-state index contributed by atoms with van der Waals surface area (Å²) in [6.07, 6.45) is 0.200. The van der Waals surface area contributed by atoms with E-state index in [2.05, 4.69) is 41.9 Å². The van der Waals surface area contributed by atoms with Crippen LogP contribution in [0.5, 0.6) is 11.5 Å². The average molecular weight is 1180 g/mol. The molecule has 1 fully saturated rings. The number of nitrogens with two attached hydrogens (primary N) is 6. The molecule has 0 aromatic heterocycles. The van der Waals surface area contributed by atoms with Gasteiger partial charge in [-0.15, -0.1) is 0 Å². The highest BCUT2D eigenvalue weighted by atomic mass is 16.3. The third-order valence-electron chi connectivity index (χ3n) is 13.6. The van der Waals surface area contributed by atoms with Crippen LogP contribution in [0.3, 0.4) is 0 Å². The third kappa shape index (κ3) is 24.1. The smallest absolute Gasteiger partial charge is 0.245 e. The van der Waals surface area contributed by atoms with Gasteiger partial charge in [0.25, 0.3) is 0 Å². The predicted molar refractivity (Wildman–Crippen MR) is 315 cm³/mol. The first kappa shape index (κ1) is 68.0. The highest BCUT2D eigenvalue weighted by Crippen LogP contribution is 2.22. The van der Waals surface area contributed by atoms with Gasteiger partial charge in [0.1, 0.15) is 53.8 Å². The minimum absolute atomic E-state index is 0.00162. The zero-order valence-corrected chi connectivity index (χ0v) is 48.2. The summed E-state index contributed by atoms with van der Waals surface area (Å²) in [5.74, 6) is -8.50. The summed E-state index contributed by atoms with van der Waals surface area (Å²) in [5.41, 5.74) is 34.7. The van der Waals surface area contributed by atoms with E-state index in [1.165, 1.54) is 41.0 Å². The van der Waals surface area contributed by atoms with Crippen LogP contribution >= 0.6 is 0 Å². The number of carbonyl (C=O) groups is 10. The number of hydrogen-bond acceptors (Lipinski definition) is 14. The van der Waals surface area contributed by atoms with Gasteiger partial charge in [0.2, 0.25) is 59.1 Å². The minimum Gasteiger partial charge on any atom is -0.508 e. The summed E-state index contributed by atoms with van der Waals surface area (Å²) in [6, 6.07) is 11.9. The van der Waals surface area contributed by atoms with Gasteiger partial charge in [0.05, 0.1) is 13.0 Å². The number of aromatic hydroxyl groups is 2. The maximum atomic E-state index is 15.1. The van der Waals surface area contributed by atoms with Crippen molar-refractivity contribution >= 4 is 71.0 Å². The van der Waals surface area contributed by atoms with Gasteiger partial charge in [-0.2, -0.15) is 0 Å². The van der Waals surface area contributed by atoms with Crippen molar-refractivity contribution in [2.75, 3.05) is 32.7 Å². The standard InChI is InChI=1S/C57H82N16O12/c1-33(2)28-45(71-52(82)44(29-36-10-5-4-6-11-36)70-51(81)43(66-34(3)74)30-37-17-21-39(76)22-18-37)54(84)72(27-23-35-15-19-38(75)20-16-35)32-48(78)67-41(13-8-25-65-57(62)63)55(85)73-26-9-14-46(73)53(83)68-40(12-7-24-64-56(60)61)50(80)69-42(49(59)79)31-47(58)77/h4-6,10-11,15-22,33,40-46,75-76H,7-9,12-14,23-32H2,1-3H3,(H2,58,77)(H2,59,79)(H,66,74)(H,67,78)(H,68,83)(H,69,80)(H,70,81)(H,71,82)(H4,60,61,64)(H4,62,63,65)/t40-,41-,42-,43-,44-,45-,46-/m0/s1. The van der Waals surface area contributed by atoms with Crippen molar-refractivity contribution in [2.24, 2.45) is 50.3 Å². The molecule has 462 valence electrons. The molecule has 0 radical (unpaired) electrons. The molecule has 1 saturated heterocycles. The number of aliphatic imine (C=N–C) groups is 2. The van der Waals surface area contributed by atoms with Crippen molar-refractivity contribution < 1.29 is 58.2 Å². The molecular formula is C57H82N16O12. The molecule has 10 amide bonds. The fourth-order valence-corrected chi connectivity index (χ4v) is 9.45. The molecule has 28 heteroatoms. The Morgan fingerprint density at radius 1 is 0.612 bits per heavy atom. The summed E-state index contributed by atoms with van der Waals surface area (Å²) >= 11 is 0. The first-order chi connectivity index (χ1) is 40.3. The second kappa shape index (κ2) is 34.2. The molecule has 0 aliphatic carbocycles. The Bertz CT molecular complexity index is 2830. The van der Waals surface area contributed by atoms with Gasteiger partial charge in [-0.1, -0.05) is 68.4 Å². The van der Waals surface area contributed by atoms with E-state index in [4.69, 9.17) is 34.4 Å². The van der Waals surface area contributed by atoms with Crippen molar-refractivity contribution in [1.82, 2.24) is 41.7 Å². The number of phenolic OH excluding ortho intramolecular Hbond substituents is 2. The quantitative estimate of drug-likeness (QED) is 0.0165. The molecular weight excluding hydrogens is 1100 g/mol. The number of hydrogen-bond donors (Lipinski definition) is 14. The molecule has 1 aliphatic heterocycles. The third-order valence-corrected chi connectivity index (χ3v) is 13.6. The molecule has 0 saturated carbocycles. The van der Waals surface area contributed by atoms with Crippen LogP contribution in [0.2, 0.25) is 0 Å². The predicted octanol–water partition coefficient (Wildman–Crippen LogP) is -2.61. The summed E-state index contributed by atoms with van der Waals surface area (Å²) in [6.45, 7) is 4.26. The van der Waals surface area contributed by atoms with Gasteiger partial charge in [0.15, 0.2) is 11.9 Å². The highest BCUT2D eigenvalue weighted by molar-refractivity contribution is 5.98. The monoisotopic (exact) mass is 1180 g/mol. The Balaban J connectivity index is 1.66. The van der Waals surface area contributed by atoms with Gasteiger partial charge >= 0.3 is 0 Å². The van der Waals surface area contributed by atoms with Crippen molar-refractivity contribution in [1.29, 1.82) is 0 Å². The first-order valence-corrected chi connectivity index (χ1v) is 27.9. The average Bonchev–Trinajstić information content (AvgIpc) is 3.99. The fourth-order valence-electron chi connectivity index (χ4n) is 9.45. The maximum absolute atomic E-state index is 15.1. The first-order valence-electron chi connectivity index (χ1n) is 27.9. The SMILES string of the molecule is CC(=O)N[C@@H](Cc1ccc(O)cc1)C(=O)N[C@@H](Cc1ccccc1)C(=O)N[C@@H](CC(C)C)C(=O)N(CCc1ccc(O)cc1)CC(=O)N[C@@H](CCCN=C(N)N)C(=O)N1CCC[C@H]1C(=O)N[C@@H](CCCN=C(N)N)C(=O)N[C@@H](CC(N)=O)C(N)=O. The Hall–Kier alpha value is -9.50. The van der Waals surface area contributed by atoms with E-state index in [0.29, 0.717) is 23.1 Å². The summed E-state index contributed by atoms with van der Waals surface area (Å²) in [4.78, 5) is 148. The number of primary amides is 2. The van der Waals surface area contributed by atoms with Gasteiger partial charge in [-0.25, -0.2) is 0 Å². The van der Waals surface area contributed by atoms with Crippen LogP contribution in [0.25, 0.3) is 0 Å². The molecule has 20 N–H and O–H groups in total. The number of benzene rings is 3. The van der Waals surface area contributed by atoms with Crippen molar-refractivity contribution in [3.05, 3.63) is 95.6 Å². The molecule has 4 rings (SSSR count). The van der Waals surface area contributed by atoms with E-state index in [1.54, 1.807) is 54.6 Å². The molecule has 0 bridgehead atoms. The summed E-state index contributed by atoms with van der Waals surface area (Å²) in [5, 5.41) is 35.9. The lowest BCUT2D eigenvalue weighted by Gasteiger charge is -2.32. The van der Waals surface area contributed by atoms with Crippen molar-refractivity contribution in [2.45, 2.75) is 134 Å².